The third-order valence-electron chi connectivity index (χ3n) is 2.87. The summed E-state index contributed by atoms with van der Waals surface area (Å²) < 4.78 is 0. The minimum atomic E-state index is -0.0755. The van der Waals surface area contributed by atoms with Crippen molar-refractivity contribution in [2.75, 3.05) is 19.6 Å². The Morgan fingerprint density at radius 3 is 2.71 bits per heavy atom. The molecule has 1 aromatic carbocycles. The molecule has 0 aromatic heterocycles. The van der Waals surface area contributed by atoms with Crippen LogP contribution in [-0.4, -0.2) is 36.3 Å². The van der Waals surface area contributed by atoms with E-state index < -0.39 is 0 Å². The van der Waals surface area contributed by atoms with Gasteiger partial charge in [0.2, 0.25) is 11.8 Å². The molecule has 4 nitrogen and oxygen atoms in total. The molecule has 1 saturated heterocycles. The average Bonchev–Trinajstić information content (AvgIpc) is 2.32. The number of amides is 2. The molecule has 1 aromatic rings. The van der Waals surface area contributed by atoms with E-state index in [0.29, 0.717) is 19.5 Å². The summed E-state index contributed by atoms with van der Waals surface area (Å²) in [6, 6.07) is 7.89. The van der Waals surface area contributed by atoms with Crippen LogP contribution >= 0.6 is 0 Å². The highest BCUT2D eigenvalue weighted by molar-refractivity contribution is 5.86. The molecule has 1 aliphatic heterocycles. The maximum absolute atomic E-state index is 11.9. The quantitative estimate of drug-likeness (QED) is 0.807. The largest absolute Gasteiger partial charge is 0.353 e. The summed E-state index contributed by atoms with van der Waals surface area (Å²) in [6.45, 7) is 3.36. The van der Waals surface area contributed by atoms with Crippen LogP contribution in [0.4, 0.5) is 0 Å². The van der Waals surface area contributed by atoms with Crippen molar-refractivity contribution in [2.45, 2.75) is 13.3 Å². The molecule has 1 N–H and O–H groups in total. The van der Waals surface area contributed by atoms with Gasteiger partial charge < -0.3 is 10.2 Å². The Bertz CT molecular complexity index is 426. The highest BCUT2D eigenvalue weighted by Gasteiger charge is 2.20. The molecule has 0 aliphatic carbocycles. The molecule has 1 fully saturated rings. The number of rotatable bonds is 2. The molecule has 2 amide bonds. The number of aryl methyl sites for hydroxylation is 1. The van der Waals surface area contributed by atoms with Gasteiger partial charge in [0.25, 0.3) is 0 Å². The lowest BCUT2D eigenvalue weighted by molar-refractivity contribution is -0.137. The van der Waals surface area contributed by atoms with Gasteiger partial charge in [-0.2, -0.15) is 0 Å². The molecule has 0 radical (unpaired) electrons. The lowest BCUT2D eigenvalue weighted by Crippen LogP contribution is -2.50. The minimum Gasteiger partial charge on any atom is -0.353 e. The van der Waals surface area contributed by atoms with Gasteiger partial charge in [-0.25, -0.2) is 0 Å². The molecule has 0 unspecified atom stereocenters. The van der Waals surface area contributed by atoms with Crippen molar-refractivity contribution in [1.82, 2.24) is 10.2 Å². The van der Waals surface area contributed by atoms with Crippen molar-refractivity contribution in [3.05, 3.63) is 35.4 Å². The molecule has 2 rings (SSSR count). The van der Waals surface area contributed by atoms with E-state index in [-0.39, 0.29) is 18.4 Å². The van der Waals surface area contributed by atoms with Gasteiger partial charge in [-0.1, -0.05) is 29.8 Å². The number of piperazine rings is 1. The summed E-state index contributed by atoms with van der Waals surface area (Å²) in [6.07, 6.45) is 0.369. The highest BCUT2D eigenvalue weighted by atomic mass is 16.2. The smallest absolute Gasteiger partial charge is 0.239 e. The SMILES string of the molecule is Cc1ccc(CC(=O)N2CCNC(=O)C2)cc1. The fourth-order valence-corrected chi connectivity index (χ4v) is 1.84. The van der Waals surface area contributed by atoms with Crippen molar-refractivity contribution in [3.8, 4) is 0 Å². The molecule has 90 valence electrons. The van der Waals surface area contributed by atoms with Crippen molar-refractivity contribution in [1.29, 1.82) is 0 Å². The lowest BCUT2D eigenvalue weighted by Gasteiger charge is -2.26. The van der Waals surface area contributed by atoms with Gasteiger partial charge in [-0.3, -0.25) is 9.59 Å². The molecule has 4 heteroatoms. The average molecular weight is 232 g/mol. The molecule has 0 spiro atoms. The normalized spacial score (nSPS) is 15.6. The van der Waals surface area contributed by atoms with Crippen molar-refractivity contribution in [3.63, 3.8) is 0 Å². The molecule has 17 heavy (non-hydrogen) atoms. The highest BCUT2D eigenvalue weighted by Crippen LogP contribution is 2.06. The zero-order chi connectivity index (χ0) is 12.3. The maximum atomic E-state index is 11.9. The molecule has 1 aliphatic rings. The van der Waals surface area contributed by atoms with E-state index in [1.807, 2.05) is 31.2 Å². The molecule has 0 atom stereocenters. The van der Waals surface area contributed by atoms with E-state index in [1.165, 1.54) is 5.56 Å². The number of nitrogens with one attached hydrogen (secondary N) is 1. The first-order valence-corrected chi connectivity index (χ1v) is 5.75. The molecule has 0 saturated carbocycles. The Hall–Kier alpha value is -1.84. The monoisotopic (exact) mass is 232 g/mol. The number of hydrogen-bond acceptors (Lipinski definition) is 2. The summed E-state index contributed by atoms with van der Waals surface area (Å²) in [5.74, 6) is -0.0581. The second kappa shape index (κ2) is 4.99. The van der Waals surface area contributed by atoms with Gasteiger partial charge in [0.15, 0.2) is 0 Å². The fraction of sp³-hybridized carbons (Fsp3) is 0.385. The Morgan fingerprint density at radius 2 is 2.06 bits per heavy atom. The van der Waals surface area contributed by atoms with E-state index in [1.54, 1.807) is 4.90 Å². The van der Waals surface area contributed by atoms with Crippen molar-refractivity contribution in [2.24, 2.45) is 0 Å². The Kier molecular flexibility index (Phi) is 3.42. The van der Waals surface area contributed by atoms with E-state index in [0.717, 1.165) is 5.56 Å². The third-order valence-corrected chi connectivity index (χ3v) is 2.87. The van der Waals surface area contributed by atoms with Crippen LogP contribution in [0.15, 0.2) is 24.3 Å². The zero-order valence-electron chi connectivity index (χ0n) is 9.90. The van der Waals surface area contributed by atoms with E-state index in [9.17, 15) is 9.59 Å². The molecular formula is C13H16N2O2. The van der Waals surface area contributed by atoms with Gasteiger partial charge in [0.05, 0.1) is 13.0 Å². The summed E-state index contributed by atoms with van der Waals surface area (Å²) in [4.78, 5) is 24.7. The maximum Gasteiger partial charge on any atom is 0.239 e. The first-order chi connectivity index (χ1) is 8.15. The lowest BCUT2D eigenvalue weighted by atomic mass is 10.1. The Morgan fingerprint density at radius 1 is 1.35 bits per heavy atom. The molecule has 0 bridgehead atoms. The number of hydrogen-bond donors (Lipinski definition) is 1. The Labute approximate surface area is 101 Å². The first kappa shape index (κ1) is 11.6. The van der Waals surface area contributed by atoms with E-state index in [2.05, 4.69) is 5.32 Å². The summed E-state index contributed by atoms with van der Waals surface area (Å²) >= 11 is 0. The van der Waals surface area contributed by atoms with Crippen LogP contribution in [0.25, 0.3) is 0 Å². The fourth-order valence-electron chi connectivity index (χ4n) is 1.84. The van der Waals surface area contributed by atoms with Gasteiger partial charge >= 0.3 is 0 Å². The first-order valence-electron chi connectivity index (χ1n) is 5.75. The summed E-state index contributed by atoms with van der Waals surface area (Å²) in [5, 5.41) is 2.71. The predicted molar refractivity (Wildman–Crippen MR) is 64.5 cm³/mol. The zero-order valence-corrected chi connectivity index (χ0v) is 9.90. The van der Waals surface area contributed by atoms with Gasteiger partial charge in [0.1, 0.15) is 0 Å². The number of carbonyl (C=O) groups is 2. The van der Waals surface area contributed by atoms with E-state index >= 15 is 0 Å². The number of carbonyl (C=O) groups excluding carboxylic acids is 2. The predicted octanol–water partition coefficient (Wildman–Crippen LogP) is 0.496. The number of benzene rings is 1. The minimum absolute atomic E-state index is 0.0173. The van der Waals surface area contributed by atoms with Crippen molar-refractivity contribution >= 4 is 11.8 Å². The number of nitrogens with zero attached hydrogens (tertiary/aromatic N) is 1. The van der Waals surface area contributed by atoms with Crippen LogP contribution < -0.4 is 5.32 Å². The molecular weight excluding hydrogens is 216 g/mol. The van der Waals surface area contributed by atoms with Crippen LogP contribution in [0.5, 0.6) is 0 Å². The summed E-state index contributed by atoms with van der Waals surface area (Å²) in [7, 11) is 0. The second-order valence-corrected chi connectivity index (χ2v) is 4.33. The van der Waals surface area contributed by atoms with Gasteiger partial charge in [-0.15, -0.1) is 0 Å². The van der Waals surface area contributed by atoms with Crippen LogP contribution in [0.3, 0.4) is 0 Å². The summed E-state index contributed by atoms with van der Waals surface area (Å²) in [5.41, 5.74) is 2.17. The van der Waals surface area contributed by atoms with Crippen LogP contribution in [0.1, 0.15) is 11.1 Å². The van der Waals surface area contributed by atoms with Crippen LogP contribution in [0.2, 0.25) is 0 Å². The Balaban J connectivity index is 1.96. The topological polar surface area (TPSA) is 49.4 Å². The van der Waals surface area contributed by atoms with Crippen LogP contribution in [0, 0.1) is 6.92 Å². The van der Waals surface area contributed by atoms with Gasteiger partial charge in [0, 0.05) is 13.1 Å². The van der Waals surface area contributed by atoms with Gasteiger partial charge in [-0.05, 0) is 12.5 Å². The standard InChI is InChI=1S/C13H16N2O2/c1-10-2-4-11(5-3-10)8-13(17)15-7-6-14-12(16)9-15/h2-5H,6-9H2,1H3,(H,14,16). The van der Waals surface area contributed by atoms with Crippen molar-refractivity contribution < 1.29 is 9.59 Å². The second-order valence-electron chi connectivity index (χ2n) is 4.33. The van der Waals surface area contributed by atoms with E-state index in [4.69, 9.17) is 0 Å². The van der Waals surface area contributed by atoms with Crippen LogP contribution in [-0.2, 0) is 16.0 Å². The third kappa shape index (κ3) is 3.06. The molecule has 1 heterocycles.